The molecule has 0 saturated carbocycles. The maximum absolute atomic E-state index is 13.8. The molecule has 0 aliphatic carbocycles. The molecule has 0 fully saturated rings. The van der Waals surface area contributed by atoms with Gasteiger partial charge in [-0.25, -0.2) is 0 Å². The molecule has 138 valence electrons. The van der Waals surface area contributed by atoms with E-state index in [2.05, 4.69) is 0 Å². The quantitative estimate of drug-likeness (QED) is 0.700. The number of halogens is 9. The van der Waals surface area contributed by atoms with Gasteiger partial charge in [-0.05, 0) is 17.5 Å². The molecule has 0 radical (unpaired) electrons. The maximum Gasteiger partial charge on any atom is 0.460 e. The number of benzene rings is 1. The van der Waals surface area contributed by atoms with Crippen LogP contribution in [0.25, 0.3) is 0 Å². The van der Waals surface area contributed by atoms with Crippen LogP contribution in [0.15, 0.2) is 24.3 Å². The van der Waals surface area contributed by atoms with Crippen molar-refractivity contribution >= 4 is 0 Å². The first kappa shape index (κ1) is 20.6. The van der Waals surface area contributed by atoms with Gasteiger partial charge in [-0.2, -0.15) is 39.5 Å². The van der Waals surface area contributed by atoms with Crippen molar-refractivity contribution < 1.29 is 44.6 Å². The second-order valence-corrected chi connectivity index (χ2v) is 5.54. The lowest BCUT2D eigenvalue weighted by Gasteiger charge is -2.34. The molecule has 0 spiro atoms. The number of aliphatic hydroxyl groups excluding tert-OH is 1. The predicted molar refractivity (Wildman–Crippen MR) is 66.1 cm³/mol. The lowest BCUT2D eigenvalue weighted by atomic mass is 9.92. The van der Waals surface area contributed by atoms with Crippen molar-refractivity contribution in [3.63, 3.8) is 0 Å². The summed E-state index contributed by atoms with van der Waals surface area (Å²) in [6.45, 7) is 2.92. The van der Waals surface area contributed by atoms with Crippen LogP contribution in [0.5, 0.6) is 0 Å². The molecule has 1 aromatic rings. The van der Waals surface area contributed by atoms with Crippen LogP contribution in [-0.4, -0.2) is 23.1 Å². The van der Waals surface area contributed by atoms with E-state index in [1.807, 2.05) is 0 Å². The lowest BCUT2D eigenvalue weighted by Crippen LogP contribution is -2.59. The molecule has 1 atom stereocenters. The van der Waals surface area contributed by atoms with Gasteiger partial charge in [0.1, 0.15) is 0 Å². The standard InChI is InChI=1S/C14H13F9O/c1-7(2)10(24)8-4-3-5-9(6-8)11(15,16)12(17,18)13(19,20)14(21,22)23/h3-7,10,24H,1-2H3. The highest BCUT2D eigenvalue weighted by atomic mass is 19.4. The number of rotatable bonds is 5. The van der Waals surface area contributed by atoms with Crippen LogP contribution < -0.4 is 0 Å². The Labute approximate surface area is 131 Å². The molecule has 1 N–H and O–H groups in total. The predicted octanol–water partition coefficient (Wildman–Crippen LogP) is 5.30. The van der Waals surface area contributed by atoms with Crippen molar-refractivity contribution in [1.29, 1.82) is 0 Å². The number of aliphatic hydroxyl groups is 1. The minimum absolute atomic E-state index is 0.283. The molecule has 0 amide bonds. The van der Waals surface area contributed by atoms with E-state index >= 15 is 0 Å². The zero-order valence-electron chi connectivity index (χ0n) is 12.3. The molecule has 0 heterocycles. The third-order valence-corrected chi connectivity index (χ3v) is 3.37. The van der Waals surface area contributed by atoms with Crippen LogP contribution >= 0.6 is 0 Å². The van der Waals surface area contributed by atoms with E-state index in [0.29, 0.717) is 0 Å². The molecule has 0 aliphatic rings. The van der Waals surface area contributed by atoms with Crippen molar-refractivity contribution in [2.45, 2.75) is 43.9 Å². The third-order valence-electron chi connectivity index (χ3n) is 3.37. The second kappa shape index (κ2) is 6.12. The largest absolute Gasteiger partial charge is 0.460 e. The lowest BCUT2D eigenvalue weighted by molar-refractivity contribution is -0.399. The summed E-state index contributed by atoms with van der Waals surface area (Å²) < 4.78 is 116. The van der Waals surface area contributed by atoms with Gasteiger partial charge in [0.2, 0.25) is 0 Å². The van der Waals surface area contributed by atoms with E-state index in [-0.39, 0.29) is 17.7 Å². The minimum Gasteiger partial charge on any atom is -0.388 e. The molecule has 1 rings (SSSR count). The topological polar surface area (TPSA) is 20.2 Å². The Bertz CT molecular complexity index is 578. The summed E-state index contributed by atoms with van der Waals surface area (Å²) in [5, 5.41) is 9.72. The van der Waals surface area contributed by atoms with E-state index < -0.39 is 41.5 Å². The van der Waals surface area contributed by atoms with Crippen LogP contribution in [0.3, 0.4) is 0 Å². The van der Waals surface area contributed by atoms with Gasteiger partial charge in [-0.15, -0.1) is 0 Å². The van der Waals surface area contributed by atoms with Crippen LogP contribution in [0.4, 0.5) is 39.5 Å². The highest BCUT2D eigenvalue weighted by molar-refractivity contribution is 5.31. The normalized spacial score (nSPS) is 15.7. The zero-order valence-corrected chi connectivity index (χ0v) is 12.3. The Kier molecular flexibility index (Phi) is 5.25. The van der Waals surface area contributed by atoms with E-state index in [0.717, 1.165) is 12.1 Å². The van der Waals surface area contributed by atoms with E-state index in [1.165, 1.54) is 13.8 Å². The Hall–Kier alpha value is -1.45. The summed E-state index contributed by atoms with van der Waals surface area (Å²) >= 11 is 0. The van der Waals surface area contributed by atoms with Crippen molar-refractivity contribution in [1.82, 2.24) is 0 Å². The highest BCUT2D eigenvalue weighted by Gasteiger charge is 2.82. The average molecular weight is 368 g/mol. The first-order valence-corrected chi connectivity index (χ1v) is 6.56. The van der Waals surface area contributed by atoms with Crippen molar-refractivity contribution in [2.75, 3.05) is 0 Å². The van der Waals surface area contributed by atoms with Gasteiger partial charge in [0.15, 0.2) is 0 Å². The van der Waals surface area contributed by atoms with Crippen LogP contribution in [0.1, 0.15) is 31.1 Å². The number of hydrogen-bond donors (Lipinski definition) is 1. The van der Waals surface area contributed by atoms with Gasteiger partial charge < -0.3 is 5.11 Å². The second-order valence-electron chi connectivity index (χ2n) is 5.54. The van der Waals surface area contributed by atoms with Gasteiger partial charge in [-0.3, -0.25) is 0 Å². The number of alkyl halides is 9. The fourth-order valence-corrected chi connectivity index (χ4v) is 1.86. The average Bonchev–Trinajstić information content (AvgIpc) is 2.44. The summed E-state index contributed by atoms with van der Waals surface area (Å²) in [7, 11) is 0. The monoisotopic (exact) mass is 368 g/mol. The molecule has 0 bridgehead atoms. The fraction of sp³-hybridized carbons (Fsp3) is 0.571. The van der Waals surface area contributed by atoms with Gasteiger partial charge in [0.05, 0.1) is 6.10 Å². The summed E-state index contributed by atoms with van der Waals surface area (Å²) in [5.74, 6) is -20.0. The first-order valence-electron chi connectivity index (χ1n) is 6.56. The fourth-order valence-electron chi connectivity index (χ4n) is 1.86. The van der Waals surface area contributed by atoms with Gasteiger partial charge in [-0.1, -0.05) is 32.0 Å². The number of hydrogen-bond acceptors (Lipinski definition) is 1. The van der Waals surface area contributed by atoms with Crippen LogP contribution in [0, 0.1) is 5.92 Å². The maximum atomic E-state index is 13.8. The van der Waals surface area contributed by atoms with Crippen molar-refractivity contribution in [2.24, 2.45) is 5.92 Å². The van der Waals surface area contributed by atoms with E-state index in [1.54, 1.807) is 0 Å². The molecule has 1 aromatic carbocycles. The van der Waals surface area contributed by atoms with E-state index in [4.69, 9.17) is 0 Å². The molecule has 0 aliphatic heterocycles. The summed E-state index contributed by atoms with van der Waals surface area (Å²) in [4.78, 5) is 0. The molecule has 0 aromatic heterocycles. The Morgan fingerprint density at radius 2 is 1.33 bits per heavy atom. The van der Waals surface area contributed by atoms with E-state index in [9.17, 15) is 44.6 Å². The summed E-state index contributed by atoms with van der Waals surface area (Å²) in [6.07, 6.45) is -8.26. The Morgan fingerprint density at radius 3 is 1.75 bits per heavy atom. The van der Waals surface area contributed by atoms with Gasteiger partial charge >= 0.3 is 23.9 Å². The van der Waals surface area contributed by atoms with Crippen LogP contribution in [-0.2, 0) is 5.92 Å². The molecule has 0 saturated heterocycles. The van der Waals surface area contributed by atoms with Crippen molar-refractivity contribution in [3.8, 4) is 0 Å². The summed E-state index contributed by atoms with van der Waals surface area (Å²) in [5.41, 5.74) is -2.07. The minimum atomic E-state index is -6.95. The smallest absolute Gasteiger partial charge is 0.388 e. The first-order chi connectivity index (χ1) is 10.6. The molecule has 1 unspecified atom stereocenters. The highest BCUT2D eigenvalue weighted by Crippen LogP contribution is 2.56. The molecular weight excluding hydrogens is 355 g/mol. The Balaban J connectivity index is 3.41. The molecule has 1 nitrogen and oxygen atoms in total. The van der Waals surface area contributed by atoms with Crippen LogP contribution in [0.2, 0.25) is 0 Å². The third kappa shape index (κ3) is 3.20. The SMILES string of the molecule is CC(C)C(O)c1cccc(C(F)(F)C(F)(F)C(F)(F)C(F)(F)F)c1. The van der Waals surface area contributed by atoms with Gasteiger partial charge in [0.25, 0.3) is 0 Å². The van der Waals surface area contributed by atoms with Gasteiger partial charge in [0, 0.05) is 5.56 Å². The Morgan fingerprint density at radius 1 is 0.833 bits per heavy atom. The summed E-state index contributed by atoms with van der Waals surface area (Å²) in [6, 6.07) is 2.39. The molecule has 24 heavy (non-hydrogen) atoms. The molecule has 10 heteroatoms. The zero-order chi connectivity index (χ0) is 19.1. The molecular formula is C14H13F9O. The van der Waals surface area contributed by atoms with Crippen molar-refractivity contribution in [3.05, 3.63) is 35.4 Å².